The zero-order chi connectivity index (χ0) is 14.6. The highest BCUT2D eigenvalue weighted by Gasteiger charge is 2.29. The second kappa shape index (κ2) is 6.15. The molecule has 2 aromatic rings. The fourth-order valence-corrected chi connectivity index (χ4v) is 1.91. The number of hydrogen-bond donors (Lipinski definition) is 1. The van der Waals surface area contributed by atoms with Crippen molar-refractivity contribution in [1.29, 1.82) is 0 Å². The molecule has 0 bridgehead atoms. The molecule has 2 unspecified atom stereocenters. The van der Waals surface area contributed by atoms with E-state index in [4.69, 9.17) is 15.0 Å². The Morgan fingerprint density at radius 1 is 1.35 bits per heavy atom. The van der Waals surface area contributed by atoms with Crippen LogP contribution in [0.15, 0.2) is 34.9 Å². The van der Waals surface area contributed by atoms with E-state index in [-0.39, 0.29) is 5.92 Å². The van der Waals surface area contributed by atoms with Gasteiger partial charge in [-0.25, -0.2) is 0 Å². The summed E-state index contributed by atoms with van der Waals surface area (Å²) < 4.78 is 10.7. The molecule has 5 nitrogen and oxygen atoms in total. The van der Waals surface area contributed by atoms with E-state index in [1.807, 2.05) is 51.1 Å². The molecular weight excluding hydrogens is 254 g/mol. The zero-order valence-corrected chi connectivity index (χ0v) is 12.2. The van der Waals surface area contributed by atoms with Gasteiger partial charge >= 0.3 is 0 Å². The Morgan fingerprint density at radius 3 is 2.70 bits per heavy atom. The lowest BCUT2D eigenvalue weighted by Crippen LogP contribution is -2.39. The molecule has 1 heterocycles. The van der Waals surface area contributed by atoms with Crippen LogP contribution < -0.4 is 5.73 Å². The Morgan fingerprint density at radius 2 is 2.05 bits per heavy atom. The number of rotatable bonds is 6. The van der Waals surface area contributed by atoms with Crippen LogP contribution in [0, 0.1) is 0 Å². The summed E-state index contributed by atoms with van der Waals surface area (Å²) in [6.07, 6.45) is 0. The lowest BCUT2D eigenvalue weighted by Gasteiger charge is -2.19. The highest BCUT2D eigenvalue weighted by Crippen LogP contribution is 2.24. The number of aromatic nitrogens is 2. The molecule has 2 N–H and O–H groups in total. The fraction of sp³-hybridized carbons (Fsp3) is 0.467. The Balaban J connectivity index is 2.16. The fourth-order valence-electron chi connectivity index (χ4n) is 1.91. The normalized spacial score (nSPS) is 15.8. The highest BCUT2D eigenvalue weighted by molar-refractivity contribution is 5.23. The van der Waals surface area contributed by atoms with Crippen LogP contribution >= 0.6 is 0 Å². The first-order valence-corrected chi connectivity index (χ1v) is 6.80. The Bertz CT molecular complexity index is 537. The van der Waals surface area contributed by atoms with Gasteiger partial charge in [0.2, 0.25) is 5.89 Å². The number of benzene rings is 1. The van der Waals surface area contributed by atoms with E-state index in [1.165, 1.54) is 0 Å². The molecule has 108 valence electrons. The van der Waals surface area contributed by atoms with E-state index in [1.54, 1.807) is 0 Å². The van der Waals surface area contributed by atoms with Crippen molar-refractivity contribution in [3.8, 4) is 0 Å². The first-order valence-electron chi connectivity index (χ1n) is 6.80. The van der Waals surface area contributed by atoms with Crippen LogP contribution in [-0.4, -0.2) is 23.4 Å². The summed E-state index contributed by atoms with van der Waals surface area (Å²) in [6.45, 7) is 6.77. The van der Waals surface area contributed by atoms with Gasteiger partial charge in [-0.05, 0) is 26.3 Å². The summed E-state index contributed by atoms with van der Waals surface area (Å²) in [6, 6.07) is 10.0. The molecule has 0 saturated heterocycles. The van der Waals surface area contributed by atoms with Gasteiger partial charge in [-0.3, -0.25) is 0 Å². The van der Waals surface area contributed by atoms with E-state index >= 15 is 0 Å². The first-order chi connectivity index (χ1) is 9.54. The summed E-state index contributed by atoms with van der Waals surface area (Å²) in [5.74, 6) is 1.09. The van der Waals surface area contributed by atoms with E-state index in [0.717, 1.165) is 5.56 Å². The van der Waals surface area contributed by atoms with Gasteiger partial charge in [0, 0.05) is 6.61 Å². The summed E-state index contributed by atoms with van der Waals surface area (Å²) in [7, 11) is 0. The predicted molar refractivity (Wildman–Crippen MR) is 76.3 cm³/mol. The van der Waals surface area contributed by atoms with Gasteiger partial charge in [-0.2, -0.15) is 4.98 Å². The molecule has 0 radical (unpaired) electrons. The topological polar surface area (TPSA) is 74.2 Å². The van der Waals surface area contributed by atoms with Crippen LogP contribution in [0.1, 0.15) is 44.0 Å². The number of nitrogens with zero attached hydrogens (tertiary/aromatic N) is 2. The predicted octanol–water partition coefficient (Wildman–Crippen LogP) is 2.43. The van der Waals surface area contributed by atoms with Gasteiger partial charge < -0.3 is 15.0 Å². The molecular formula is C15H21N3O2. The average Bonchev–Trinajstić information content (AvgIpc) is 2.96. The third-order valence-electron chi connectivity index (χ3n) is 3.23. The molecule has 20 heavy (non-hydrogen) atoms. The Kier molecular flexibility index (Phi) is 4.52. The van der Waals surface area contributed by atoms with Crippen LogP contribution in [0.3, 0.4) is 0 Å². The lowest BCUT2D eigenvalue weighted by atomic mass is 10.0. The molecule has 1 aromatic heterocycles. The smallest absolute Gasteiger partial charge is 0.233 e. The van der Waals surface area contributed by atoms with Gasteiger partial charge in [-0.1, -0.05) is 35.5 Å². The van der Waals surface area contributed by atoms with Gasteiger partial charge in [-0.15, -0.1) is 0 Å². The Labute approximate surface area is 119 Å². The van der Waals surface area contributed by atoms with Crippen molar-refractivity contribution in [2.75, 3.05) is 13.2 Å². The van der Waals surface area contributed by atoms with Gasteiger partial charge in [0.05, 0.1) is 12.5 Å². The van der Waals surface area contributed by atoms with Gasteiger partial charge in [0.1, 0.15) is 5.54 Å². The van der Waals surface area contributed by atoms with Crippen molar-refractivity contribution >= 4 is 0 Å². The van der Waals surface area contributed by atoms with E-state index in [2.05, 4.69) is 10.1 Å². The highest BCUT2D eigenvalue weighted by atomic mass is 16.5. The maximum atomic E-state index is 6.17. The molecule has 0 spiro atoms. The van der Waals surface area contributed by atoms with E-state index in [9.17, 15) is 0 Å². The monoisotopic (exact) mass is 275 g/mol. The number of ether oxygens (including phenoxy) is 1. The molecule has 0 aliphatic rings. The van der Waals surface area contributed by atoms with Crippen LogP contribution in [0.2, 0.25) is 0 Å². The second-order valence-electron chi connectivity index (χ2n) is 5.14. The summed E-state index contributed by atoms with van der Waals surface area (Å²) in [5, 5.41) is 4.00. The minimum absolute atomic E-state index is 0.0420. The van der Waals surface area contributed by atoms with Gasteiger partial charge in [0.15, 0.2) is 5.82 Å². The lowest BCUT2D eigenvalue weighted by molar-refractivity contribution is 0.0962. The first kappa shape index (κ1) is 14.7. The summed E-state index contributed by atoms with van der Waals surface area (Å²) in [5.41, 5.74) is 6.56. The molecule has 2 atom stereocenters. The van der Waals surface area contributed by atoms with E-state index in [0.29, 0.717) is 24.9 Å². The molecule has 2 rings (SSSR count). The average molecular weight is 275 g/mol. The van der Waals surface area contributed by atoms with Crippen molar-refractivity contribution in [3.05, 3.63) is 47.6 Å². The second-order valence-corrected chi connectivity index (χ2v) is 5.14. The molecule has 0 fully saturated rings. The minimum atomic E-state index is -0.742. The molecule has 0 aliphatic carbocycles. The SMILES string of the molecule is CCOCC(C)(N)c1noc(C(C)c2ccccc2)n1. The van der Waals surface area contributed by atoms with Crippen molar-refractivity contribution in [2.24, 2.45) is 5.73 Å². The third-order valence-corrected chi connectivity index (χ3v) is 3.23. The van der Waals surface area contributed by atoms with Crippen molar-refractivity contribution in [2.45, 2.75) is 32.2 Å². The van der Waals surface area contributed by atoms with Crippen LogP contribution in [-0.2, 0) is 10.3 Å². The van der Waals surface area contributed by atoms with Crippen LogP contribution in [0.4, 0.5) is 0 Å². The molecule has 1 aromatic carbocycles. The maximum absolute atomic E-state index is 6.17. The number of hydrogen-bond acceptors (Lipinski definition) is 5. The van der Waals surface area contributed by atoms with Crippen LogP contribution in [0.25, 0.3) is 0 Å². The zero-order valence-electron chi connectivity index (χ0n) is 12.2. The molecule has 0 saturated carbocycles. The van der Waals surface area contributed by atoms with Crippen molar-refractivity contribution < 1.29 is 9.26 Å². The van der Waals surface area contributed by atoms with Crippen molar-refractivity contribution in [1.82, 2.24) is 10.1 Å². The van der Waals surface area contributed by atoms with Crippen LogP contribution in [0.5, 0.6) is 0 Å². The minimum Gasteiger partial charge on any atom is -0.379 e. The largest absolute Gasteiger partial charge is 0.379 e. The van der Waals surface area contributed by atoms with Gasteiger partial charge in [0.25, 0.3) is 0 Å². The molecule has 0 aliphatic heterocycles. The molecule has 0 amide bonds. The molecule has 5 heteroatoms. The standard InChI is InChI=1S/C15H21N3O2/c1-4-19-10-15(3,16)14-17-13(20-18-14)11(2)12-8-6-5-7-9-12/h5-9,11H,4,10,16H2,1-3H3. The Hall–Kier alpha value is -1.72. The summed E-state index contributed by atoms with van der Waals surface area (Å²) in [4.78, 5) is 4.43. The maximum Gasteiger partial charge on any atom is 0.233 e. The van der Waals surface area contributed by atoms with E-state index < -0.39 is 5.54 Å². The quantitative estimate of drug-likeness (QED) is 0.876. The number of nitrogens with two attached hydrogens (primary N) is 1. The summed E-state index contributed by atoms with van der Waals surface area (Å²) >= 11 is 0. The van der Waals surface area contributed by atoms with Crippen molar-refractivity contribution in [3.63, 3.8) is 0 Å². The third kappa shape index (κ3) is 3.23.